The third kappa shape index (κ3) is 4.62. The smallest absolute Gasteiger partial charge is 0.227 e. The summed E-state index contributed by atoms with van der Waals surface area (Å²) >= 11 is 0. The number of benzene rings is 1. The van der Waals surface area contributed by atoms with Gasteiger partial charge in [0, 0.05) is 43.9 Å². The predicted octanol–water partition coefficient (Wildman–Crippen LogP) is 3.41. The summed E-state index contributed by atoms with van der Waals surface area (Å²) < 4.78 is 17.0. The Morgan fingerprint density at radius 3 is 2.79 bits per heavy atom. The van der Waals surface area contributed by atoms with Crippen molar-refractivity contribution in [2.24, 2.45) is 5.92 Å². The van der Waals surface area contributed by atoms with Crippen LogP contribution in [0.15, 0.2) is 22.7 Å². The average molecular weight is 399 g/mol. The summed E-state index contributed by atoms with van der Waals surface area (Å²) in [6.07, 6.45) is 3.34. The van der Waals surface area contributed by atoms with E-state index >= 15 is 0 Å². The Labute approximate surface area is 171 Å². The van der Waals surface area contributed by atoms with E-state index in [0.29, 0.717) is 12.7 Å². The lowest BCUT2D eigenvalue weighted by atomic mass is 10.0. The number of aromatic nitrogens is 1. The van der Waals surface area contributed by atoms with E-state index in [1.807, 2.05) is 32.0 Å². The molecule has 4 rings (SSSR count). The minimum atomic E-state index is 0.0881. The normalized spacial score (nSPS) is 19.5. The summed E-state index contributed by atoms with van der Waals surface area (Å²) in [5.41, 5.74) is 3.39. The molecule has 2 fully saturated rings. The molecule has 2 aromatic rings. The Balaban J connectivity index is 1.50. The average Bonchev–Trinajstić information content (AvgIpc) is 3.38. The van der Waals surface area contributed by atoms with E-state index in [9.17, 15) is 4.79 Å². The summed E-state index contributed by atoms with van der Waals surface area (Å²) in [5.74, 6) is 1.75. The third-order valence-corrected chi connectivity index (χ3v) is 5.73. The van der Waals surface area contributed by atoms with Crippen molar-refractivity contribution < 1.29 is 18.8 Å². The van der Waals surface area contributed by atoms with Crippen molar-refractivity contribution in [2.75, 3.05) is 38.7 Å². The maximum atomic E-state index is 12.2. The van der Waals surface area contributed by atoms with E-state index in [0.717, 1.165) is 72.9 Å². The molecule has 0 spiro atoms. The lowest BCUT2D eigenvalue weighted by Crippen LogP contribution is -2.27. The number of aryl methyl sites for hydroxylation is 2. The number of hydrogen-bond donors (Lipinski definition) is 1. The van der Waals surface area contributed by atoms with E-state index in [4.69, 9.17) is 14.0 Å². The van der Waals surface area contributed by atoms with Gasteiger partial charge in [0.15, 0.2) is 0 Å². The van der Waals surface area contributed by atoms with Crippen LogP contribution in [0.1, 0.15) is 30.7 Å². The van der Waals surface area contributed by atoms with Gasteiger partial charge in [-0.05, 0) is 51.3 Å². The number of anilines is 1. The van der Waals surface area contributed by atoms with Crippen molar-refractivity contribution in [1.29, 1.82) is 0 Å². The highest BCUT2D eigenvalue weighted by molar-refractivity contribution is 5.95. The van der Waals surface area contributed by atoms with E-state index in [2.05, 4.69) is 15.4 Å². The Hall–Kier alpha value is -2.38. The highest BCUT2D eigenvalue weighted by Crippen LogP contribution is 2.37. The number of nitrogens with one attached hydrogen (secondary N) is 1. The molecule has 7 heteroatoms. The van der Waals surface area contributed by atoms with Gasteiger partial charge < -0.3 is 19.3 Å². The predicted molar refractivity (Wildman–Crippen MR) is 110 cm³/mol. The van der Waals surface area contributed by atoms with Crippen LogP contribution in [0.2, 0.25) is 0 Å². The van der Waals surface area contributed by atoms with E-state index in [-0.39, 0.29) is 11.8 Å². The highest BCUT2D eigenvalue weighted by atomic mass is 16.5. The number of nitrogens with zero attached hydrogens (tertiary/aromatic N) is 2. The van der Waals surface area contributed by atoms with Crippen molar-refractivity contribution >= 4 is 11.6 Å². The highest BCUT2D eigenvalue weighted by Gasteiger charge is 2.30. The molecule has 0 bridgehead atoms. The standard InChI is InChI=1S/C22H29N3O4/c1-14-21(15(2)29-24-14)19-12-17(23-22(26)16-4-5-16)6-7-20(19)28-11-10-25-9-8-18(13-25)27-3/h6-7,12,16,18H,4-5,8-11,13H2,1-3H3,(H,23,26)/t18-/m1/s1. The lowest BCUT2D eigenvalue weighted by molar-refractivity contribution is -0.117. The van der Waals surface area contributed by atoms with Crippen LogP contribution in [0, 0.1) is 19.8 Å². The van der Waals surface area contributed by atoms with Crippen LogP contribution in [0.4, 0.5) is 5.69 Å². The molecule has 1 atom stereocenters. The van der Waals surface area contributed by atoms with E-state index in [1.54, 1.807) is 7.11 Å². The van der Waals surface area contributed by atoms with Crippen molar-refractivity contribution in [3.05, 3.63) is 29.7 Å². The number of carbonyl (C=O) groups is 1. The van der Waals surface area contributed by atoms with Gasteiger partial charge in [0.25, 0.3) is 0 Å². The summed E-state index contributed by atoms with van der Waals surface area (Å²) in [7, 11) is 1.77. The topological polar surface area (TPSA) is 76.8 Å². The largest absolute Gasteiger partial charge is 0.492 e. The van der Waals surface area contributed by atoms with E-state index < -0.39 is 0 Å². The molecule has 0 radical (unpaired) electrons. The van der Waals surface area contributed by atoms with Crippen LogP contribution in [0.25, 0.3) is 11.1 Å². The molecule has 1 N–H and O–H groups in total. The fourth-order valence-electron chi connectivity index (χ4n) is 3.86. The van der Waals surface area contributed by atoms with Gasteiger partial charge in [0.2, 0.25) is 5.91 Å². The van der Waals surface area contributed by atoms with Crippen molar-refractivity contribution in [2.45, 2.75) is 39.2 Å². The second kappa shape index (κ2) is 8.55. The summed E-state index contributed by atoms with van der Waals surface area (Å²) in [4.78, 5) is 14.5. The van der Waals surface area contributed by atoms with Crippen molar-refractivity contribution in [1.82, 2.24) is 10.1 Å². The Morgan fingerprint density at radius 1 is 1.31 bits per heavy atom. The molecule has 7 nitrogen and oxygen atoms in total. The fraction of sp³-hybridized carbons (Fsp3) is 0.545. The molecule has 1 amide bonds. The van der Waals surface area contributed by atoms with Crippen LogP contribution in [0.3, 0.4) is 0 Å². The summed E-state index contributed by atoms with van der Waals surface area (Å²) in [5, 5.41) is 7.10. The molecule has 1 aromatic heterocycles. The van der Waals surface area contributed by atoms with Crippen molar-refractivity contribution in [3.8, 4) is 16.9 Å². The molecule has 1 aromatic carbocycles. The van der Waals surface area contributed by atoms with Gasteiger partial charge in [-0.25, -0.2) is 0 Å². The number of ether oxygens (including phenoxy) is 2. The van der Waals surface area contributed by atoms with Crippen LogP contribution in [0.5, 0.6) is 5.75 Å². The third-order valence-electron chi connectivity index (χ3n) is 5.73. The molecule has 29 heavy (non-hydrogen) atoms. The number of hydrogen-bond acceptors (Lipinski definition) is 6. The Morgan fingerprint density at radius 2 is 2.14 bits per heavy atom. The number of methoxy groups -OCH3 is 1. The molecule has 1 aliphatic heterocycles. The maximum Gasteiger partial charge on any atom is 0.227 e. The minimum Gasteiger partial charge on any atom is -0.492 e. The quantitative estimate of drug-likeness (QED) is 0.733. The second-order valence-corrected chi connectivity index (χ2v) is 7.97. The summed E-state index contributed by atoms with van der Waals surface area (Å²) in [6.45, 7) is 7.22. The van der Waals surface area contributed by atoms with Gasteiger partial charge in [-0.1, -0.05) is 5.16 Å². The van der Waals surface area contributed by atoms with Crippen LogP contribution in [-0.4, -0.2) is 55.4 Å². The molecular weight excluding hydrogens is 370 g/mol. The molecule has 1 saturated carbocycles. The van der Waals surface area contributed by atoms with E-state index in [1.165, 1.54) is 0 Å². The summed E-state index contributed by atoms with van der Waals surface area (Å²) in [6, 6.07) is 5.78. The van der Waals surface area contributed by atoms with Gasteiger partial charge in [-0.3, -0.25) is 9.69 Å². The number of likely N-dealkylation sites (tertiary alicyclic amines) is 1. The van der Waals surface area contributed by atoms with Gasteiger partial charge in [-0.2, -0.15) is 0 Å². The van der Waals surface area contributed by atoms with Crippen molar-refractivity contribution in [3.63, 3.8) is 0 Å². The van der Waals surface area contributed by atoms with Crippen LogP contribution in [-0.2, 0) is 9.53 Å². The second-order valence-electron chi connectivity index (χ2n) is 7.97. The SMILES string of the molecule is CO[C@@H]1CCN(CCOc2ccc(NC(=O)C3CC3)cc2-c2c(C)noc2C)C1. The first-order valence-electron chi connectivity index (χ1n) is 10.3. The fourth-order valence-corrected chi connectivity index (χ4v) is 3.86. The maximum absolute atomic E-state index is 12.2. The van der Waals surface area contributed by atoms with Gasteiger partial charge in [-0.15, -0.1) is 0 Å². The lowest BCUT2D eigenvalue weighted by Gasteiger charge is -2.18. The first-order chi connectivity index (χ1) is 14.0. The van der Waals surface area contributed by atoms with Crippen LogP contribution >= 0.6 is 0 Å². The zero-order valence-corrected chi connectivity index (χ0v) is 17.4. The van der Waals surface area contributed by atoms with Gasteiger partial charge in [0.1, 0.15) is 18.1 Å². The molecule has 1 aliphatic carbocycles. The van der Waals surface area contributed by atoms with Gasteiger partial charge >= 0.3 is 0 Å². The molecule has 0 unspecified atom stereocenters. The Bertz CT molecular complexity index is 855. The van der Waals surface area contributed by atoms with Gasteiger partial charge in [0.05, 0.1) is 17.4 Å². The Kier molecular flexibility index (Phi) is 5.87. The number of carbonyl (C=O) groups excluding carboxylic acids is 1. The molecule has 1 saturated heterocycles. The van der Waals surface area contributed by atoms with Crippen LogP contribution < -0.4 is 10.1 Å². The molecule has 156 valence electrons. The number of amides is 1. The zero-order valence-electron chi connectivity index (χ0n) is 17.4. The molecule has 2 heterocycles. The minimum absolute atomic E-state index is 0.0881. The monoisotopic (exact) mass is 399 g/mol. The molecular formula is C22H29N3O4. The zero-order chi connectivity index (χ0) is 20.4. The number of rotatable bonds is 8. The first kappa shape index (κ1) is 19.9. The first-order valence-corrected chi connectivity index (χ1v) is 10.3. The molecule has 2 aliphatic rings.